The van der Waals surface area contributed by atoms with Crippen LogP contribution in [-0.2, 0) is 0 Å². The van der Waals surface area contributed by atoms with Crippen molar-refractivity contribution in [2.75, 3.05) is 25.1 Å². The van der Waals surface area contributed by atoms with Crippen molar-refractivity contribution >= 4 is 28.2 Å². The second-order valence-corrected chi connectivity index (χ2v) is 4.94. The maximum absolute atomic E-state index is 9.55. The van der Waals surface area contributed by atoms with E-state index in [1.165, 1.54) is 0 Å². The number of aliphatic hydroxyl groups excluding tert-OH is 2. The number of halogens is 1. The number of aromatic nitrogens is 2. The van der Waals surface area contributed by atoms with E-state index in [0.29, 0.717) is 5.15 Å². The topological polar surface area (TPSA) is 69.5 Å². The summed E-state index contributed by atoms with van der Waals surface area (Å²) < 4.78 is 0. The smallest absolute Gasteiger partial charge is 0.159 e. The molecule has 0 bridgehead atoms. The lowest BCUT2D eigenvalue weighted by Gasteiger charge is -2.30. The van der Waals surface area contributed by atoms with Gasteiger partial charge in [-0.25, -0.2) is 0 Å². The zero-order valence-electron chi connectivity index (χ0n) is 15.3. The summed E-state index contributed by atoms with van der Waals surface area (Å²) in [6.07, 6.45) is 1.37. The molecule has 0 saturated carbocycles. The van der Waals surface area contributed by atoms with Gasteiger partial charge >= 0.3 is 0 Å². The predicted octanol–water partition coefficient (Wildman–Crippen LogP) is 3.91. The highest BCUT2D eigenvalue weighted by Gasteiger charge is 2.20. The molecule has 2 N–H and O–H groups in total. The van der Waals surface area contributed by atoms with Gasteiger partial charge < -0.3 is 15.1 Å². The summed E-state index contributed by atoms with van der Waals surface area (Å²) >= 11 is 6.06. The third-order valence-electron chi connectivity index (χ3n) is 3.39. The number of fused-ring (bicyclic) bond motifs is 1. The van der Waals surface area contributed by atoms with Crippen LogP contribution in [0.3, 0.4) is 0 Å². The van der Waals surface area contributed by atoms with Gasteiger partial charge in [-0.15, -0.1) is 10.2 Å². The minimum absolute atomic E-state index is 0.187. The molecule has 2 heterocycles. The lowest BCUT2D eigenvalue weighted by molar-refractivity contribution is 0.145. The van der Waals surface area contributed by atoms with E-state index in [-0.39, 0.29) is 6.10 Å². The second kappa shape index (κ2) is 12.9. The van der Waals surface area contributed by atoms with Gasteiger partial charge in [0.2, 0.25) is 0 Å². The molecule has 1 aromatic carbocycles. The standard InChI is InChI=1S/C13H14ClN3O.2C2H6.CH4O/c14-12-10-3-1-2-4-11(10)13(16-15-12)17-7-5-9(18)6-8-17;3*1-2/h1-4,9,18H,5-8H2;2*1-2H3;2H,1H3. The first-order valence-electron chi connectivity index (χ1n) is 8.54. The molecule has 0 aliphatic carbocycles. The lowest BCUT2D eigenvalue weighted by atomic mass is 10.1. The number of nitrogens with zero attached hydrogens (tertiary/aromatic N) is 3. The normalized spacial score (nSPS) is 13.8. The van der Waals surface area contributed by atoms with E-state index in [1.54, 1.807) is 0 Å². The zero-order valence-corrected chi connectivity index (χ0v) is 16.1. The quantitative estimate of drug-likeness (QED) is 0.811. The van der Waals surface area contributed by atoms with Gasteiger partial charge in [-0.1, -0.05) is 63.6 Å². The molecule has 3 rings (SSSR count). The Hall–Kier alpha value is -1.43. The van der Waals surface area contributed by atoms with Crippen LogP contribution >= 0.6 is 11.6 Å². The first kappa shape index (κ1) is 22.6. The molecule has 0 amide bonds. The highest BCUT2D eigenvalue weighted by atomic mass is 35.5. The number of benzene rings is 1. The molecule has 6 heteroatoms. The maximum Gasteiger partial charge on any atom is 0.159 e. The number of aliphatic hydroxyl groups is 2. The summed E-state index contributed by atoms with van der Waals surface area (Å²) in [5, 5.41) is 27.2. The average Bonchev–Trinajstić information content (AvgIpc) is 2.68. The average molecular weight is 356 g/mol. The van der Waals surface area contributed by atoms with Crippen molar-refractivity contribution in [3.8, 4) is 0 Å². The molecular formula is C18H30ClN3O2. The fraction of sp³-hybridized carbons (Fsp3) is 0.556. The Bertz CT molecular complexity index is 573. The van der Waals surface area contributed by atoms with Gasteiger partial charge in [0.25, 0.3) is 0 Å². The van der Waals surface area contributed by atoms with Gasteiger partial charge in [0.05, 0.1) is 6.10 Å². The molecule has 0 unspecified atom stereocenters. The van der Waals surface area contributed by atoms with E-state index in [0.717, 1.165) is 49.6 Å². The van der Waals surface area contributed by atoms with E-state index in [9.17, 15) is 5.11 Å². The van der Waals surface area contributed by atoms with Crippen LogP contribution in [0.1, 0.15) is 40.5 Å². The van der Waals surface area contributed by atoms with Gasteiger partial charge in [-0.05, 0) is 12.8 Å². The van der Waals surface area contributed by atoms with E-state index in [2.05, 4.69) is 15.1 Å². The number of anilines is 1. The van der Waals surface area contributed by atoms with Gasteiger partial charge in [0.15, 0.2) is 11.0 Å². The molecule has 24 heavy (non-hydrogen) atoms. The summed E-state index contributed by atoms with van der Waals surface area (Å²) in [5.41, 5.74) is 0. The van der Waals surface area contributed by atoms with Crippen molar-refractivity contribution in [1.82, 2.24) is 10.2 Å². The monoisotopic (exact) mass is 355 g/mol. The molecule has 0 spiro atoms. The van der Waals surface area contributed by atoms with Crippen LogP contribution in [0, 0.1) is 0 Å². The zero-order chi connectivity index (χ0) is 18.5. The van der Waals surface area contributed by atoms with Crippen LogP contribution in [0.15, 0.2) is 24.3 Å². The summed E-state index contributed by atoms with van der Waals surface area (Å²) in [4.78, 5) is 2.17. The van der Waals surface area contributed by atoms with Gasteiger partial charge in [0.1, 0.15) is 0 Å². The Balaban J connectivity index is 0.000000798. The Labute approximate surface area is 150 Å². The first-order valence-corrected chi connectivity index (χ1v) is 8.92. The first-order chi connectivity index (χ1) is 11.8. The highest BCUT2D eigenvalue weighted by Crippen LogP contribution is 2.29. The van der Waals surface area contributed by atoms with E-state index < -0.39 is 0 Å². The SMILES string of the molecule is CC.CC.CO.OC1CCN(c2nnc(Cl)c3ccccc23)CC1. The largest absolute Gasteiger partial charge is 0.400 e. The van der Waals surface area contributed by atoms with Gasteiger partial charge in [0, 0.05) is 31.0 Å². The van der Waals surface area contributed by atoms with Crippen molar-refractivity contribution in [2.45, 2.75) is 46.6 Å². The Morgan fingerprint density at radius 3 is 2.00 bits per heavy atom. The molecule has 1 aliphatic heterocycles. The van der Waals surface area contributed by atoms with E-state index in [1.807, 2.05) is 52.0 Å². The molecule has 0 radical (unpaired) electrons. The number of piperidine rings is 1. The maximum atomic E-state index is 9.55. The molecule has 5 nitrogen and oxygen atoms in total. The third-order valence-corrected chi connectivity index (χ3v) is 3.67. The van der Waals surface area contributed by atoms with Crippen molar-refractivity contribution in [1.29, 1.82) is 0 Å². The van der Waals surface area contributed by atoms with E-state index in [4.69, 9.17) is 16.7 Å². The van der Waals surface area contributed by atoms with E-state index >= 15 is 0 Å². The number of hydrogen-bond acceptors (Lipinski definition) is 5. The molecule has 1 aromatic heterocycles. The Morgan fingerprint density at radius 1 is 0.958 bits per heavy atom. The molecule has 2 aromatic rings. The fourth-order valence-electron chi connectivity index (χ4n) is 2.37. The van der Waals surface area contributed by atoms with Crippen molar-refractivity contribution in [3.05, 3.63) is 29.4 Å². The van der Waals surface area contributed by atoms with Crippen LogP contribution in [0.4, 0.5) is 5.82 Å². The Morgan fingerprint density at radius 2 is 1.46 bits per heavy atom. The molecule has 1 aliphatic rings. The van der Waals surface area contributed by atoms with Crippen LogP contribution in [0.2, 0.25) is 5.15 Å². The van der Waals surface area contributed by atoms with Gasteiger partial charge in [-0.2, -0.15) is 0 Å². The van der Waals surface area contributed by atoms with Crippen molar-refractivity contribution < 1.29 is 10.2 Å². The third kappa shape index (κ3) is 5.89. The molecule has 0 atom stereocenters. The molecular weight excluding hydrogens is 326 g/mol. The molecule has 1 fully saturated rings. The highest BCUT2D eigenvalue weighted by molar-refractivity contribution is 6.34. The summed E-state index contributed by atoms with van der Waals surface area (Å²) in [7, 11) is 1.00. The fourth-order valence-corrected chi connectivity index (χ4v) is 2.57. The van der Waals surface area contributed by atoms with Crippen LogP contribution < -0.4 is 4.90 Å². The van der Waals surface area contributed by atoms with Crippen LogP contribution in [0.25, 0.3) is 10.8 Å². The molecule has 136 valence electrons. The molecule has 1 saturated heterocycles. The summed E-state index contributed by atoms with van der Waals surface area (Å²) in [5.74, 6) is 0.863. The van der Waals surface area contributed by atoms with Crippen LogP contribution in [0.5, 0.6) is 0 Å². The lowest BCUT2D eigenvalue weighted by Crippen LogP contribution is -2.36. The summed E-state index contributed by atoms with van der Waals surface area (Å²) in [6, 6.07) is 7.88. The second-order valence-electron chi connectivity index (χ2n) is 4.58. The number of rotatable bonds is 1. The predicted molar refractivity (Wildman–Crippen MR) is 103 cm³/mol. The van der Waals surface area contributed by atoms with Crippen molar-refractivity contribution in [2.24, 2.45) is 0 Å². The number of hydrogen-bond donors (Lipinski definition) is 2. The Kier molecular flexibility index (Phi) is 12.2. The van der Waals surface area contributed by atoms with Crippen LogP contribution in [-0.4, -0.2) is 46.7 Å². The minimum atomic E-state index is -0.187. The minimum Gasteiger partial charge on any atom is -0.400 e. The van der Waals surface area contributed by atoms with Crippen molar-refractivity contribution in [3.63, 3.8) is 0 Å². The van der Waals surface area contributed by atoms with Gasteiger partial charge in [-0.3, -0.25) is 0 Å². The summed E-state index contributed by atoms with van der Waals surface area (Å²) in [6.45, 7) is 9.61.